The maximum atomic E-state index is 6.13. The Morgan fingerprint density at radius 2 is 1.09 bits per heavy atom. The van der Waals surface area contributed by atoms with E-state index in [1.165, 1.54) is 55.4 Å². The van der Waals surface area contributed by atoms with E-state index in [1.54, 1.807) is 0 Å². The SMILES string of the molecule is c1ccc(C(Cc2ccc3oc4ccccc4c3c2)c2ccc3c(c2)Cc2cc(N(c4ccccc4)c4ccccc4)ccc2-3)cc1. The van der Waals surface area contributed by atoms with Crippen molar-refractivity contribution in [3.8, 4) is 11.1 Å². The molecule has 47 heavy (non-hydrogen) atoms. The third-order valence-corrected chi connectivity index (χ3v) is 9.66. The molecule has 0 fully saturated rings. The third kappa shape index (κ3) is 4.99. The van der Waals surface area contributed by atoms with Crippen molar-refractivity contribution in [2.24, 2.45) is 0 Å². The average molecular weight is 604 g/mol. The van der Waals surface area contributed by atoms with Gasteiger partial charge in [-0.2, -0.15) is 0 Å². The average Bonchev–Trinajstić information content (AvgIpc) is 3.69. The first kappa shape index (κ1) is 27.5. The molecular formula is C45H33NO. The van der Waals surface area contributed by atoms with Gasteiger partial charge in [-0.3, -0.25) is 0 Å². The maximum Gasteiger partial charge on any atom is 0.135 e. The van der Waals surface area contributed by atoms with Crippen molar-refractivity contribution < 1.29 is 4.42 Å². The Morgan fingerprint density at radius 1 is 0.468 bits per heavy atom. The molecule has 224 valence electrons. The van der Waals surface area contributed by atoms with Crippen molar-refractivity contribution >= 4 is 39.0 Å². The number of furan rings is 1. The number of hydrogen-bond acceptors (Lipinski definition) is 2. The summed E-state index contributed by atoms with van der Waals surface area (Å²) in [5.74, 6) is 0.239. The third-order valence-electron chi connectivity index (χ3n) is 9.66. The number of fused-ring (bicyclic) bond motifs is 6. The van der Waals surface area contributed by atoms with Crippen LogP contribution in [0.1, 0.15) is 33.7 Å². The molecule has 0 radical (unpaired) electrons. The fraction of sp³-hybridized carbons (Fsp3) is 0.0667. The minimum atomic E-state index is 0.239. The van der Waals surface area contributed by atoms with E-state index in [1.807, 2.05) is 12.1 Å². The molecule has 0 bridgehead atoms. The Morgan fingerprint density at radius 3 is 1.83 bits per heavy atom. The number of rotatable bonds is 7. The molecule has 2 heteroatoms. The first-order chi connectivity index (χ1) is 23.3. The summed E-state index contributed by atoms with van der Waals surface area (Å²) < 4.78 is 6.13. The van der Waals surface area contributed by atoms with Gasteiger partial charge in [0.1, 0.15) is 11.2 Å². The van der Waals surface area contributed by atoms with Crippen LogP contribution in [0.5, 0.6) is 0 Å². The predicted molar refractivity (Wildman–Crippen MR) is 195 cm³/mol. The van der Waals surface area contributed by atoms with Crippen LogP contribution < -0.4 is 4.90 Å². The molecule has 1 aromatic heterocycles. The van der Waals surface area contributed by atoms with Crippen molar-refractivity contribution in [1.29, 1.82) is 0 Å². The van der Waals surface area contributed by atoms with E-state index >= 15 is 0 Å². The predicted octanol–water partition coefficient (Wildman–Crippen LogP) is 12.0. The van der Waals surface area contributed by atoms with Crippen molar-refractivity contribution in [1.82, 2.24) is 0 Å². The smallest absolute Gasteiger partial charge is 0.135 e. The summed E-state index contributed by atoms with van der Waals surface area (Å²) in [5, 5.41) is 2.36. The Labute approximate surface area is 275 Å². The van der Waals surface area contributed by atoms with E-state index in [2.05, 4.69) is 163 Å². The van der Waals surface area contributed by atoms with Gasteiger partial charge in [0.2, 0.25) is 0 Å². The highest BCUT2D eigenvalue weighted by molar-refractivity contribution is 6.05. The highest BCUT2D eigenvalue weighted by Crippen LogP contribution is 2.43. The van der Waals surface area contributed by atoms with Crippen LogP contribution in [0.25, 0.3) is 33.1 Å². The largest absolute Gasteiger partial charge is 0.456 e. The van der Waals surface area contributed by atoms with Crippen LogP contribution in [-0.2, 0) is 12.8 Å². The van der Waals surface area contributed by atoms with E-state index in [4.69, 9.17) is 4.42 Å². The Kier molecular flexibility index (Phi) is 6.71. The fourth-order valence-electron chi connectivity index (χ4n) is 7.42. The van der Waals surface area contributed by atoms with Crippen LogP contribution in [0.4, 0.5) is 17.1 Å². The van der Waals surface area contributed by atoms with Gasteiger partial charge in [0.05, 0.1) is 0 Å². The summed E-state index contributed by atoms with van der Waals surface area (Å²) in [4.78, 5) is 2.35. The number of nitrogens with zero attached hydrogens (tertiary/aromatic N) is 1. The fourth-order valence-corrected chi connectivity index (χ4v) is 7.42. The van der Waals surface area contributed by atoms with Gasteiger partial charge in [-0.15, -0.1) is 0 Å². The zero-order valence-corrected chi connectivity index (χ0v) is 26.0. The second-order valence-electron chi connectivity index (χ2n) is 12.5. The van der Waals surface area contributed by atoms with Gasteiger partial charge in [0.15, 0.2) is 0 Å². The van der Waals surface area contributed by atoms with Crippen LogP contribution in [-0.4, -0.2) is 0 Å². The molecular weight excluding hydrogens is 571 g/mol. The topological polar surface area (TPSA) is 16.4 Å². The first-order valence-corrected chi connectivity index (χ1v) is 16.4. The molecule has 2 nitrogen and oxygen atoms in total. The van der Waals surface area contributed by atoms with Crippen molar-refractivity contribution in [3.63, 3.8) is 0 Å². The molecule has 1 aliphatic rings. The summed E-state index contributed by atoms with van der Waals surface area (Å²) in [6.07, 6.45) is 1.84. The lowest BCUT2D eigenvalue weighted by molar-refractivity contribution is 0.668. The van der Waals surface area contributed by atoms with Crippen molar-refractivity contribution in [3.05, 3.63) is 198 Å². The summed E-state index contributed by atoms with van der Waals surface area (Å²) in [6, 6.07) is 61.4. The first-order valence-electron chi connectivity index (χ1n) is 16.4. The minimum absolute atomic E-state index is 0.239. The Balaban J connectivity index is 1.07. The quantitative estimate of drug-likeness (QED) is 0.180. The van der Waals surface area contributed by atoms with E-state index in [-0.39, 0.29) is 5.92 Å². The van der Waals surface area contributed by atoms with E-state index in [9.17, 15) is 0 Å². The second-order valence-corrected chi connectivity index (χ2v) is 12.5. The number of para-hydroxylation sites is 3. The minimum Gasteiger partial charge on any atom is -0.456 e. The highest BCUT2D eigenvalue weighted by atomic mass is 16.3. The molecule has 0 aliphatic heterocycles. The Hall–Kier alpha value is -5.86. The van der Waals surface area contributed by atoms with Crippen LogP contribution in [0, 0.1) is 0 Å². The summed E-state index contributed by atoms with van der Waals surface area (Å²) in [6.45, 7) is 0. The standard InChI is InChI=1S/C45H33NO/c1-4-12-32(13-5-1)42(26-31-20-25-45-43(27-31)41-18-10-11-19-44(41)47-45)33-21-23-39-34(28-33)29-35-30-38(22-24-40(35)39)46(36-14-6-2-7-15-36)37-16-8-3-9-17-37/h1-25,27-28,30,42H,26,29H2. The lowest BCUT2D eigenvalue weighted by Gasteiger charge is -2.26. The molecule has 0 saturated carbocycles. The van der Waals surface area contributed by atoms with Crippen LogP contribution in [0.2, 0.25) is 0 Å². The van der Waals surface area contributed by atoms with Gasteiger partial charge in [0.25, 0.3) is 0 Å². The van der Waals surface area contributed by atoms with Gasteiger partial charge in [-0.1, -0.05) is 115 Å². The molecule has 0 saturated heterocycles. The maximum absolute atomic E-state index is 6.13. The van der Waals surface area contributed by atoms with E-state index in [0.29, 0.717) is 0 Å². The van der Waals surface area contributed by atoms with Crippen LogP contribution in [0.3, 0.4) is 0 Å². The van der Waals surface area contributed by atoms with Gasteiger partial charge < -0.3 is 9.32 Å². The van der Waals surface area contributed by atoms with Crippen LogP contribution in [0.15, 0.2) is 174 Å². The monoisotopic (exact) mass is 603 g/mol. The molecule has 1 atom stereocenters. The molecule has 1 unspecified atom stereocenters. The second kappa shape index (κ2) is 11.5. The molecule has 7 aromatic carbocycles. The molecule has 0 spiro atoms. The number of benzene rings is 7. The number of anilines is 3. The van der Waals surface area contributed by atoms with Gasteiger partial charge in [-0.05, 0) is 106 Å². The lowest BCUT2D eigenvalue weighted by atomic mass is 9.84. The molecule has 8 aromatic rings. The Bertz CT molecular complexity index is 2320. The summed E-state index contributed by atoms with van der Waals surface area (Å²) in [5.41, 5.74) is 14.8. The van der Waals surface area contributed by atoms with Gasteiger partial charge in [-0.25, -0.2) is 0 Å². The normalized spacial score (nSPS) is 12.6. The highest BCUT2D eigenvalue weighted by Gasteiger charge is 2.24. The number of hydrogen-bond donors (Lipinski definition) is 0. The summed E-state index contributed by atoms with van der Waals surface area (Å²) in [7, 11) is 0. The molecule has 0 N–H and O–H groups in total. The lowest BCUT2D eigenvalue weighted by Crippen LogP contribution is -2.09. The van der Waals surface area contributed by atoms with E-state index in [0.717, 1.165) is 35.4 Å². The molecule has 1 heterocycles. The molecule has 0 amide bonds. The molecule has 9 rings (SSSR count). The van der Waals surface area contributed by atoms with Gasteiger partial charge in [0, 0.05) is 33.8 Å². The van der Waals surface area contributed by atoms with Crippen molar-refractivity contribution in [2.75, 3.05) is 4.90 Å². The van der Waals surface area contributed by atoms with E-state index < -0.39 is 0 Å². The van der Waals surface area contributed by atoms with Crippen molar-refractivity contribution in [2.45, 2.75) is 18.8 Å². The zero-order chi connectivity index (χ0) is 31.2. The van der Waals surface area contributed by atoms with Gasteiger partial charge >= 0.3 is 0 Å². The molecule has 1 aliphatic carbocycles. The van der Waals surface area contributed by atoms with Crippen LogP contribution >= 0.6 is 0 Å². The zero-order valence-electron chi connectivity index (χ0n) is 26.0. The summed E-state index contributed by atoms with van der Waals surface area (Å²) >= 11 is 0.